The fourth-order valence-electron chi connectivity index (χ4n) is 5.61. The minimum Gasteiger partial charge on any atom is -0.374 e. The number of hydrogen-bond donors (Lipinski definition) is 1. The predicted molar refractivity (Wildman–Crippen MR) is 123 cm³/mol. The maximum Gasteiger partial charge on any atom is 0.193 e. The number of likely N-dealkylation sites (tertiary alicyclic amines) is 2. The van der Waals surface area contributed by atoms with Gasteiger partial charge >= 0.3 is 0 Å². The number of nitrogens with one attached hydrogen (secondary N) is 1. The summed E-state index contributed by atoms with van der Waals surface area (Å²) < 4.78 is 6.10. The number of hydrogen-bond acceptors (Lipinski definition) is 3. The number of nitrogens with zero attached hydrogens (tertiary/aromatic N) is 3. The number of ether oxygens (including phenoxy) is 1. The normalized spacial score (nSPS) is 31.9. The van der Waals surface area contributed by atoms with Crippen molar-refractivity contribution in [2.75, 3.05) is 33.2 Å². The van der Waals surface area contributed by atoms with E-state index in [1.807, 2.05) is 7.05 Å². The van der Waals surface area contributed by atoms with E-state index in [4.69, 9.17) is 4.74 Å². The molecule has 4 atom stereocenters. The summed E-state index contributed by atoms with van der Waals surface area (Å²) in [6.45, 7) is 6.64. The van der Waals surface area contributed by atoms with Crippen LogP contribution in [0.1, 0.15) is 36.8 Å². The zero-order valence-corrected chi connectivity index (χ0v) is 19.2. The highest BCUT2D eigenvalue weighted by Gasteiger charge is 2.53. The molecular formula is C22H33IN4O. The second-order valence-electron chi connectivity index (χ2n) is 8.72. The monoisotopic (exact) mass is 496 g/mol. The van der Waals surface area contributed by atoms with Crippen molar-refractivity contribution in [3.05, 3.63) is 35.4 Å². The molecule has 0 radical (unpaired) electrons. The molecule has 4 heterocycles. The Morgan fingerprint density at radius 3 is 2.25 bits per heavy atom. The van der Waals surface area contributed by atoms with Crippen LogP contribution in [-0.2, 0) is 17.8 Å². The summed E-state index contributed by atoms with van der Waals surface area (Å²) in [6, 6.07) is 9.09. The van der Waals surface area contributed by atoms with Crippen LogP contribution in [0.15, 0.2) is 29.3 Å². The maximum atomic E-state index is 6.10. The molecule has 4 fully saturated rings. The minimum absolute atomic E-state index is 0. The first-order valence-electron chi connectivity index (χ1n) is 10.7. The Morgan fingerprint density at radius 1 is 1.04 bits per heavy atom. The lowest BCUT2D eigenvalue weighted by atomic mass is 9.82. The van der Waals surface area contributed by atoms with Gasteiger partial charge in [0.15, 0.2) is 5.96 Å². The van der Waals surface area contributed by atoms with Crippen LogP contribution in [0.25, 0.3) is 0 Å². The number of benzene rings is 1. The van der Waals surface area contributed by atoms with Crippen molar-refractivity contribution >= 4 is 29.9 Å². The van der Waals surface area contributed by atoms with Gasteiger partial charge in [-0.15, -0.1) is 24.0 Å². The van der Waals surface area contributed by atoms with Crippen LogP contribution in [-0.4, -0.2) is 61.2 Å². The van der Waals surface area contributed by atoms with E-state index in [2.05, 4.69) is 44.4 Å². The standard InChI is InChI=1S/C22H32N4O.HI/c1-23-22(26-14-18-19(15-26)21-9-8-20(18)27-21)24-12-16-4-6-17(7-5-16)13-25-10-2-3-11-25;/h4-7,18-21H,2-3,8-15H2,1H3,(H,23,24);1H. The van der Waals surface area contributed by atoms with Gasteiger partial charge in [-0.25, -0.2) is 0 Å². The molecule has 0 spiro atoms. The molecule has 6 heteroatoms. The number of fused-ring (bicyclic) bond motifs is 5. The third-order valence-electron chi connectivity index (χ3n) is 7.04. The van der Waals surface area contributed by atoms with E-state index in [9.17, 15) is 0 Å². The molecule has 0 saturated carbocycles. The Morgan fingerprint density at radius 2 is 1.64 bits per heavy atom. The van der Waals surface area contributed by atoms with Gasteiger partial charge in [0.25, 0.3) is 0 Å². The summed E-state index contributed by atoms with van der Waals surface area (Å²) in [6.07, 6.45) is 6.24. The molecule has 1 aromatic carbocycles. The van der Waals surface area contributed by atoms with Crippen molar-refractivity contribution in [2.45, 2.75) is 51.0 Å². The first-order valence-corrected chi connectivity index (χ1v) is 10.7. The van der Waals surface area contributed by atoms with E-state index in [0.29, 0.717) is 24.0 Å². The summed E-state index contributed by atoms with van der Waals surface area (Å²) in [4.78, 5) is 9.55. The van der Waals surface area contributed by atoms with Gasteiger partial charge in [-0.2, -0.15) is 0 Å². The molecule has 4 saturated heterocycles. The second kappa shape index (κ2) is 8.88. The molecule has 0 amide bonds. The number of rotatable bonds is 4. The van der Waals surface area contributed by atoms with Gasteiger partial charge < -0.3 is 15.0 Å². The zero-order valence-electron chi connectivity index (χ0n) is 16.8. The summed E-state index contributed by atoms with van der Waals surface area (Å²) in [5, 5.41) is 3.58. The number of halogens is 1. The van der Waals surface area contributed by atoms with Crippen molar-refractivity contribution in [3.8, 4) is 0 Å². The quantitative estimate of drug-likeness (QED) is 0.395. The van der Waals surface area contributed by atoms with E-state index >= 15 is 0 Å². The van der Waals surface area contributed by atoms with Crippen molar-refractivity contribution in [3.63, 3.8) is 0 Å². The maximum absolute atomic E-state index is 6.10. The summed E-state index contributed by atoms with van der Waals surface area (Å²) in [5.41, 5.74) is 2.75. The average molecular weight is 496 g/mol. The third-order valence-corrected chi connectivity index (χ3v) is 7.04. The molecule has 2 bridgehead atoms. The molecule has 154 valence electrons. The Balaban J connectivity index is 0.00000192. The molecule has 28 heavy (non-hydrogen) atoms. The van der Waals surface area contributed by atoms with Crippen molar-refractivity contribution in [2.24, 2.45) is 16.8 Å². The number of guanidine groups is 1. The molecule has 1 N–H and O–H groups in total. The van der Waals surface area contributed by atoms with Gasteiger partial charge in [0.05, 0.1) is 12.2 Å². The van der Waals surface area contributed by atoms with Gasteiger partial charge in [-0.1, -0.05) is 24.3 Å². The van der Waals surface area contributed by atoms with Crippen molar-refractivity contribution in [1.29, 1.82) is 0 Å². The van der Waals surface area contributed by atoms with Crippen LogP contribution in [0.3, 0.4) is 0 Å². The van der Waals surface area contributed by atoms with E-state index in [0.717, 1.165) is 32.1 Å². The number of aliphatic imine (C=N–C) groups is 1. The first-order chi connectivity index (χ1) is 13.3. The molecule has 5 rings (SSSR count). The van der Waals surface area contributed by atoms with Crippen molar-refractivity contribution in [1.82, 2.24) is 15.1 Å². The molecule has 1 aromatic rings. The largest absolute Gasteiger partial charge is 0.374 e. The molecule has 0 aliphatic carbocycles. The van der Waals surface area contributed by atoms with Gasteiger partial charge in [0.1, 0.15) is 0 Å². The molecule has 4 unspecified atom stereocenters. The molecular weight excluding hydrogens is 463 g/mol. The molecule has 5 nitrogen and oxygen atoms in total. The highest BCUT2D eigenvalue weighted by Crippen LogP contribution is 2.47. The van der Waals surface area contributed by atoms with Gasteiger partial charge in [0.2, 0.25) is 0 Å². The van der Waals surface area contributed by atoms with Crippen LogP contribution < -0.4 is 5.32 Å². The average Bonchev–Trinajstić information content (AvgIpc) is 3.46. The lowest BCUT2D eigenvalue weighted by Crippen LogP contribution is -2.41. The Kier molecular flexibility index (Phi) is 6.47. The van der Waals surface area contributed by atoms with E-state index < -0.39 is 0 Å². The zero-order chi connectivity index (χ0) is 18.2. The SMILES string of the molecule is CN=C(NCc1ccc(CN2CCCC2)cc1)N1CC2C3CCC(O3)C2C1.I. The highest BCUT2D eigenvalue weighted by atomic mass is 127. The van der Waals surface area contributed by atoms with Crippen LogP contribution in [0.2, 0.25) is 0 Å². The van der Waals surface area contributed by atoms with Crippen LogP contribution >= 0.6 is 24.0 Å². The minimum atomic E-state index is 0. The summed E-state index contributed by atoms with van der Waals surface area (Å²) >= 11 is 0. The third kappa shape index (κ3) is 4.05. The second-order valence-corrected chi connectivity index (χ2v) is 8.72. The van der Waals surface area contributed by atoms with Gasteiger partial charge in [-0.05, 0) is 49.9 Å². The van der Waals surface area contributed by atoms with Crippen LogP contribution in [0, 0.1) is 11.8 Å². The Labute approximate surface area is 185 Å². The summed E-state index contributed by atoms with van der Waals surface area (Å²) in [7, 11) is 1.90. The fourth-order valence-corrected chi connectivity index (χ4v) is 5.61. The topological polar surface area (TPSA) is 40.1 Å². The summed E-state index contributed by atoms with van der Waals surface area (Å²) in [5.74, 6) is 2.48. The fraction of sp³-hybridized carbons (Fsp3) is 0.682. The van der Waals surface area contributed by atoms with Gasteiger partial charge in [-0.3, -0.25) is 9.89 Å². The van der Waals surface area contributed by atoms with Crippen LogP contribution in [0.4, 0.5) is 0 Å². The highest BCUT2D eigenvalue weighted by molar-refractivity contribution is 14.0. The first kappa shape index (κ1) is 20.4. The van der Waals surface area contributed by atoms with E-state index in [1.165, 1.54) is 49.9 Å². The van der Waals surface area contributed by atoms with Crippen LogP contribution in [0.5, 0.6) is 0 Å². The van der Waals surface area contributed by atoms with Crippen molar-refractivity contribution < 1.29 is 4.74 Å². The molecule has 4 aliphatic heterocycles. The smallest absolute Gasteiger partial charge is 0.193 e. The molecule has 4 aliphatic rings. The van der Waals surface area contributed by atoms with Gasteiger partial charge in [0, 0.05) is 45.1 Å². The van der Waals surface area contributed by atoms with E-state index in [-0.39, 0.29) is 24.0 Å². The lowest BCUT2D eigenvalue weighted by Gasteiger charge is -2.23. The lowest BCUT2D eigenvalue weighted by molar-refractivity contribution is 0.0767. The van der Waals surface area contributed by atoms with E-state index in [1.54, 1.807) is 0 Å². The predicted octanol–water partition coefficient (Wildman–Crippen LogP) is 3.09. The Bertz CT molecular complexity index is 670. The Hall–Kier alpha value is -0.860. The molecule has 0 aromatic heterocycles.